The lowest BCUT2D eigenvalue weighted by atomic mass is 9.83. The predicted molar refractivity (Wildman–Crippen MR) is 222 cm³/mol. The average molecular weight is 844 g/mol. The Morgan fingerprint density at radius 1 is 1.07 bits per heavy atom. The van der Waals surface area contributed by atoms with Crippen molar-refractivity contribution in [3.63, 3.8) is 0 Å². The largest absolute Gasteiger partial charge is 0.507 e. The van der Waals surface area contributed by atoms with Gasteiger partial charge in [0.25, 0.3) is 11.7 Å². The number of hydrogen-bond donors (Lipinski definition) is 4. The molecule has 4 heterocycles. The SMILES string of the molecule is CO[C@H]1/C=C/O[C@@]2(C)Oc3c(C)c(O)c4c(c3C2=O)C(=Nc2c(O)cccc2OCCN(C)C)C=C(NC(=O)/C(C)=C\C=C\[C@H](C)[C@@H]2O[C@H]([C@H](O)[C@@H]2C)[C@H](OC(C)=O)C1)C4=O. The normalized spacial score (nSPS) is 30.3. The van der Waals surface area contributed by atoms with E-state index in [0.29, 0.717) is 6.54 Å². The first-order valence-corrected chi connectivity index (χ1v) is 20.0. The van der Waals surface area contributed by atoms with Crippen LogP contribution in [0, 0.1) is 18.8 Å². The molecule has 7 bridgehead atoms. The fraction of sp³-hybridized carbons (Fsp3) is 0.444. The van der Waals surface area contributed by atoms with Crippen LogP contribution in [0.5, 0.6) is 23.0 Å². The number of aliphatic imine (C=N–C) groups is 1. The number of ketones is 2. The van der Waals surface area contributed by atoms with Crippen LogP contribution in [0.15, 0.2) is 71.1 Å². The molecule has 326 valence electrons. The smallest absolute Gasteiger partial charge is 0.312 e. The highest BCUT2D eigenvalue weighted by Crippen LogP contribution is 2.49. The average Bonchev–Trinajstić information content (AvgIpc) is 3.65. The first kappa shape index (κ1) is 44.7. The van der Waals surface area contributed by atoms with Crippen molar-refractivity contribution < 1.29 is 62.9 Å². The van der Waals surface area contributed by atoms with Crippen LogP contribution >= 0.6 is 0 Å². The number of phenolic OH excluding ortho intramolecular Hbond substituents is 2. The molecule has 61 heavy (non-hydrogen) atoms. The Morgan fingerprint density at radius 3 is 2.49 bits per heavy atom. The molecule has 8 atom stereocenters. The van der Waals surface area contributed by atoms with E-state index in [-0.39, 0.29) is 87.0 Å². The minimum atomic E-state index is -2.05. The number of aliphatic hydroxyl groups is 1. The third-order valence-corrected chi connectivity index (χ3v) is 11.2. The number of likely N-dealkylation sites (N-methyl/N-ethyl adjacent to an activating group) is 1. The Balaban J connectivity index is 1.52. The number of nitrogens with one attached hydrogen (secondary N) is 1. The van der Waals surface area contributed by atoms with Gasteiger partial charge in [-0.3, -0.25) is 19.2 Å². The van der Waals surface area contributed by atoms with E-state index in [1.165, 1.54) is 52.4 Å². The number of carbonyl (C=O) groups is 4. The summed E-state index contributed by atoms with van der Waals surface area (Å²) < 4.78 is 35.9. The molecule has 0 radical (unpaired) electrons. The number of para-hydroxylation sites is 1. The van der Waals surface area contributed by atoms with Gasteiger partial charge in [-0.05, 0) is 52.2 Å². The van der Waals surface area contributed by atoms with Gasteiger partial charge < -0.3 is 54.0 Å². The molecule has 4 N–H and O–H groups in total. The summed E-state index contributed by atoms with van der Waals surface area (Å²) >= 11 is 0. The number of nitrogens with zero attached hydrogens (tertiary/aromatic N) is 2. The highest BCUT2D eigenvalue weighted by Gasteiger charge is 2.52. The predicted octanol–water partition coefficient (Wildman–Crippen LogP) is 4.74. The Bertz CT molecular complexity index is 2260. The molecule has 1 fully saturated rings. The molecule has 16 heteroatoms. The molecule has 0 saturated carbocycles. The van der Waals surface area contributed by atoms with Gasteiger partial charge >= 0.3 is 11.8 Å². The third-order valence-electron chi connectivity index (χ3n) is 11.2. The number of benzene rings is 2. The molecule has 1 saturated heterocycles. The molecule has 2 aromatic carbocycles. The summed E-state index contributed by atoms with van der Waals surface area (Å²) in [5.74, 6) is -6.19. The number of phenols is 2. The molecule has 1 aliphatic carbocycles. The Labute approximate surface area is 354 Å². The standard InChI is InChI=1S/C45H53N3O13/c1-22-12-10-13-23(2)44(55)47-29-21-28(46-36-30(50)14-11-15-31(36)57-19-17-48(7)8)33-34(39(29)53)37(51)24(3)41-35(33)43(54)45(6,61-41)58-18-16-27(56-9)20-32(59-26(5)49)42-38(52)25(4)40(22)60-42/h10-16,18,21-22,25,27,32,38,40,42,50-52H,17,19-20H2,1-9H3,(H,47,55)/b12-10+,18-16+,23-13-,46-28?/t22-,25-,27-,32+,38+,40-,42-,45-/m0/s1. The molecule has 7 rings (SSSR count). The van der Waals surface area contributed by atoms with Crippen molar-refractivity contribution in [2.45, 2.75) is 84.3 Å². The van der Waals surface area contributed by atoms with Crippen molar-refractivity contribution in [1.29, 1.82) is 0 Å². The van der Waals surface area contributed by atoms with Crippen LogP contribution in [0.3, 0.4) is 0 Å². The van der Waals surface area contributed by atoms with E-state index in [1.807, 2.05) is 38.9 Å². The quantitative estimate of drug-likeness (QED) is 0.278. The lowest BCUT2D eigenvalue weighted by Gasteiger charge is -2.28. The molecule has 4 aliphatic heterocycles. The van der Waals surface area contributed by atoms with Gasteiger partial charge in [0.05, 0.1) is 47.1 Å². The van der Waals surface area contributed by atoms with Crippen LogP contribution in [0.4, 0.5) is 5.69 Å². The summed E-state index contributed by atoms with van der Waals surface area (Å²) in [5.41, 5.74) is -0.721. The third kappa shape index (κ3) is 8.98. The van der Waals surface area contributed by atoms with Crippen molar-refractivity contribution >= 4 is 34.8 Å². The zero-order valence-electron chi connectivity index (χ0n) is 35.7. The Kier molecular flexibility index (Phi) is 13.2. The second kappa shape index (κ2) is 18.0. The van der Waals surface area contributed by atoms with Crippen molar-refractivity contribution in [1.82, 2.24) is 10.2 Å². The second-order valence-corrected chi connectivity index (χ2v) is 16.0. The number of allylic oxidation sites excluding steroid dienone is 4. The molecule has 5 aliphatic rings. The van der Waals surface area contributed by atoms with E-state index in [4.69, 9.17) is 33.4 Å². The van der Waals surface area contributed by atoms with Crippen molar-refractivity contribution in [2.75, 3.05) is 34.4 Å². The van der Waals surface area contributed by atoms with Crippen molar-refractivity contribution in [2.24, 2.45) is 16.8 Å². The molecule has 1 amide bonds. The van der Waals surface area contributed by atoms with Crippen LogP contribution in [0.1, 0.15) is 72.9 Å². The van der Waals surface area contributed by atoms with E-state index in [1.54, 1.807) is 31.2 Å². The molecule has 0 spiro atoms. The van der Waals surface area contributed by atoms with Crippen LogP contribution in [-0.4, -0.2) is 120 Å². The van der Waals surface area contributed by atoms with Crippen LogP contribution in [0.25, 0.3) is 0 Å². The molecule has 0 unspecified atom stereocenters. The van der Waals surface area contributed by atoms with Gasteiger partial charge in [-0.1, -0.05) is 38.1 Å². The number of rotatable bonds is 7. The maximum absolute atomic E-state index is 14.6. The van der Waals surface area contributed by atoms with E-state index < -0.39 is 65.5 Å². The molecule has 0 aromatic heterocycles. The number of Topliss-reactive ketones (excluding diaryl/α,β-unsaturated/α-hetero) is 2. The molecule has 16 nitrogen and oxygen atoms in total. The first-order valence-electron chi connectivity index (χ1n) is 20.0. The van der Waals surface area contributed by atoms with Crippen molar-refractivity contribution in [3.8, 4) is 23.0 Å². The highest BCUT2D eigenvalue weighted by molar-refractivity contribution is 6.32. The number of hydrogen-bond acceptors (Lipinski definition) is 15. The van der Waals surface area contributed by atoms with Gasteiger partial charge in [0.15, 0.2) is 0 Å². The monoisotopic (exact) mass is 843 g/mol. The Morgan fingerprint density at radius 2 is 1.80 bits per heavy atom. The molecular weight excluding hydrogens is 791 g/mol. The van der Waals surface area contributed by atoms with Gasteiger partial charge in [0.2, 0.25) is 5.78 Å². The summed E-state index contributed by atoms with van der Waals surface area (Å²) in [4.78, 5) is 61.7. The summed E-state index contributed by atoms with van der Waals surface area (Å²) in [6, 6.07) is 4.57. The zero-order valence-corrected chi connectivity index (χ0v) is 35.7. The van der Waals surface area contributed by atoms with E-state index >= 15 is 0 Å². The summed E-state index contributed by atoms with van der Waals surface area (Å²) in [5, 5.41) is 36.8. The van der Waals surface area contributed by atoms with Gasteiger partial charge in [-0.2, -0.15) is 0 Å². The van der Waals surface area contributed by atoms with Crippen LogP contribution in [0.2, 0.25) is 0 Å². The number of aromatic hydroxyl groups is 2. The number of aliphatic hydroxyl groups excluding tert-OH is 1. The van der Waals surface area contributed by atoms with Crippen LogP contribution < -0.4 is 14.8 Å². The molecule has 2 aromatic rings. The summed E-state index contributed by atoms with van der Waals surface area (Å²) in [6.07, 6.45) is 4.87. The number of carbonyl (C=O) groups excluding carboxylic acids is 4. The van der Waals surface area contributed by atoms with E-state index in [2.05, 4.69) is 5.32 Å². The molecular formula is C45H53N3O13. The number of methoxy groups -OCH3 is 1. The Hall–Kier alpha value is -5.81. The topological polar surface area (TPSA) is 212 Å². The van der Waals surface area contributed by atoms with Crippen LogP contribution in [-0.2, 0) is 28.5 Å². The summed E-state index contributed by atoms with van der Waals surface area (Å²) in [6.45, 7) is 10.1. The number of esters is 1. The van der Waals surface area contributed by atoms with E-state index in [9.17, 15) is 34.5 Å². The van der Waals surface area contributed by atoms with Gasteiger partial charge in [0.1, 0.15) is 47.5 Å². The van der Waals surface area contributed by atoms with E-state index in [0.717, 1.165) is 0 Å². The zero-order chi connectivity index (χ0) is 44.5. The second-order valence-electron chi connectivity index (χ2n) is 16.0. The fourth-order valence-corrected chi connectivity index (χ4v) is 7.77. The number of ether oxygens (including phenoxy) is 6. The lowest BCUT2D eigenvalue weighted by Crippen LogP contribution is -2.41. The van der Waals surface area contributed by atoms with Gasteiger partial charge in [-0.15, -0.1) is 0 Å². The highest BCUT2D eigenvalue weighted by atomic mass is 16.7. The lowest BCUT2D eigenvalue weighted by molar-refractivity contribution is -0.161. The maximum atomic E-state index is 14.6. The number of amides is 1. The van der Waals surface area contributed by atoms with Gasteiger partial charge in [-0.25, -0.2) is 4.99 Å². The number of fused-ring (bicyclic) bond motifs is 9. The first-order chi connectivity index (χ1) is 28.9. The maximum Gasteiger partial charge on any atom is 0.312 e. The minimum Gasteiger partial charge on any atom is -0.507 e. The summed E-state index contributed by atoms with van der Waals surface area (Å²) in [7, 11) is 5.18. The van der Waals surface area contributed by atoms with Crippen molar-refractivity contribution in [3.05, 3.63) is 88.4 Å². The minimum absolute atomic E-state index is 0.0361. The van der Waals surface area contributed by atoms with Gasteiger partial charge in [0, 0.05) is 62.5 Å². The fourth-order valence-electron chi connectivity index (χ4n) is 7.77.